The van der Waals surface area contributed by atoms with Crippen LogP contribution in [-0.4, -0.2) is 57.1 Å². The highest BCUT2D eigenvalue weighted by Crippen LogP contribution is 2.30. The second-order valence-electron chi connectivity index (χ2n) is 6.66. The molecule has 1 atom stereocenters. The molecule has 1 saturated heterocycles. The van der Waals surface area contributed by atoms with Gasteiger partial charge < -0.3 is 25.2 Å². The molecule has 6 nitrogen and oxygen atoms in total. The first-order valence-electron chi connectivity index (χ1n) is 8.73. The van der Waals surface area contributed by atoms with Crippen LogP contribution < -0.4 is 15.4 Å². The smallest absolute Gasteiger partial charge is 0.416 e. The molecule has 0 radical (unpaired) electrons. The number of carbonyl (C=O) groups excluding carboxylic acids is 1. The van der Waals surface area contributed by atoms with E-state index in [2.05, 4.69) is 10.6 Å². The highest BCUT2D eigenvalue weighted by atomic mass is 19.4. The molecule has 1 amide bonds. The molecule has 0 aromatic heterocycles. The Balaban J connectivity index is 1.80. The molecule has 1 aromatic carbocycles. The summed E-state index contributed by atoms with van der Waals surface area (Å²) in [6, 6.07) is 4.21. The molecule has 9 heteroatoms. The average molecular weight is 390 g/mol. The molecule has 1 unspecified atom stereocenters. The summed E-state index contributed by atoms with van der Waals surface area (Å²) in [5.74, 6) is 0.0296. The van der Waals surface area contributed by atoms with Gasteiger partial charge in [0.25, 0.3) is 0 Å². The van der Waals surface area contributed by atoms with Crippen molar-refractivity contribution in [3.63, 3.8) is 0 Å². The fourth-order valence-electron chi connectivity index (χ4n) is 3.01. The van der Waals surface area contributed by atoms with E-state index in [4.69, 9.17) is 9.47 Å². The highest BCUT2D eigenvalue weighted by Gasteiger charge is 2.39. The van der Waals surface area contributed by atoms with E-state index in [0.29, 0.717) is 19.4 Å². The number of halogens is 3. The van der Waals surface area contributed by atoms with Crippen LogP contribution in [0.1, 0.15) is 18.4 Å². The fourth-order valence-corrected chi connectivity index (χ4v) is 3.01. The number of aliphatic hydroxyl groups excluding tert-OH is 1. The lowest BCUT2D eigenvalue weighted by atomic mass is 9.78. The van der Waals surface area contributed by atoms with Gasteiger partial charge in [0.2, 0.25) is 5.91 Å². The quantitative estimate of drug-likeness (QED) is 0.628. The number of ether oxygens (including phenoxy) is 2. The van der Waals surface area contributed by atoms with Crippen LogP contribution in [0.2, 0.25) is 0 Å². The molecule has 1 fully saturated rings. The molecular formula is C18H25F3N2O4. The van der Waals surface area contributed by atoms with Crippen molar-refractivity contribution in [2.45, 2.75) is 25.1 Å². The van der Waals surface area contributed by atoms with E-state index in [9.17, 15) is 23.1 Å². The Kier molecular flexibility index (Phi) is 7.46. The van der Waals surface area contributed by atoms with Crippen molar-refractivity contribution in [1.82, 2.24) is 10.6 Å². The van der Waals surface area contributed by atoms with E-state index >= 15 is 0 Å². The van der Waals surface area contributed by atoms with Crippen molar-refractivity contribution in [1.29, 1.82) is 0 Å². The van der Waals surface area contributed by atoms with E-state index in [1.54, 1.807) is 7.11 Å². The monoisotopic (exact) mass is 390 g/mol. The Hall–Kier alpha value is -1.84. The predicted molar refractivity (Wildman–Crippen MR) is 92.4 cm³/mol. The third-order valence-corrected chi connectivity index (χ3v) is 4.59. The topological polar surface area (TPSA) is 79.8 Å². The van der Waals surface area contributed by atoms with Gasteiger partial charge in [-0.1, -0.05) is 0 Å². The van der Waals surface area contributed by atoms with Crippen molar-refractivity contribution in [2.24, 2.45) is 5.41 Å². The van der Waals surface area contributed by atoms with Crippen LogP contribution in [0.3, 0.4) is 0 Å². The summed E-state index contributed by atoms with van der Waals surface area (Å²) >= 11 is 0. The Morgan fingerprint density at radius 2 is 1.93 bits per heavy atom. The maximum Gasteiger partial charge on any atom is 0.416 e. The van der Waals surface area contributed by atoms with Crippen LogP contribution >= 0.6 is 0 Å². The zero-order chi connectivity index (χ0) is 19.9. The number of aliphatic hydroxyl groups is 1. The third kappa shape index (κ3) is 6.08. The molecule has 2 rings (SSSR count). The van der Waals surface area contributed by atoms with E-state index in [1.165, 1.54) is 12.1 Å². The molecule has 3 N–H and O–H groups in total. The number of carbonyl (C=O) groups is 1. The van der Waals surface area contributed by atoms with Gasteiger partial charge in [0, 0.05) is 13.7 Å². The molecule has 152 valence electrons. The summed E-state index contributed by atoms with van der Waals surface area (Å²) in [5.41, 5.74) is -1.39. The first kappa shape index (κ1) is 21.5. The molecule has 0 aliphatic carbocycles. The van der Waals surface area contributed by atoms with Crippen molar-refractivity contribution >= 4 is 5.91 Å². The minimum atomic E-state index is -4.41. The van der Waals surface area contributed by atoms with Crippen LogP contribution in [0.5, 0.6) is 5.75 Å². The SMILES string of the molecule is COCC1(C(=O)NCC(O)COc2ccc(C(F)(F)F)cc2)CCNCC1. The summed E-state index contributed by atoms with van der Waals surface area (Å²) in [6.07, 6.45) is -4.11. The zero-order valence-electron chi connectivity index (χ0n) is 15.1. The molecule has 1 aliphatic heterocycles. The molecule has 0 saturated carbocycles. The molecule has 27 heavy (non-hydrogen) atoms. The van der Waals surface area contributed by atoms with E-state index < -0.39 is 23.3 Å². The van der Waals surface area contributed by atoms with Gasteiger partial charge in [0.1, 0.15) is 18.5 Å². The summed E-state index contributed by atoms with van der Waals surface area (Å²) in [6.45, 7) is 1.58. The number of benzene rings is 1. The maximum atomic E-state index is 12.5. The molecule has 1 aliphatic rings. The molecular weight excluding hydrogens is 365 g/mol. The lowest BCUT2D eigenvalue weighted by molar-refractivity contribution is -0.138. The number of nitrogens with one attached hydrogen (secondary N) is 2. The Bertz CT molecular complexity index is 596. The van der Waals surface area contributed by atoms with E-state index in [-0.39, 0.29) is 24.8 Å². The molecule has 1 heterocycles. The number of alkyl halides is 3. The lowest BCUT2D eigenvalue weighted by Gasteiger charge is -2.35. The minimum Gasteiger partial charge on any atom is -0.491 e. The Labute approximate surface area is 156 Å². The second-order valence-corrected chi connectivity index (χ2v) is 6.66. The standard InChI is InChI=1S/C18H25F3N2O4/c1-26-12-17(6-8-22-9-7-17)16(25)23-10-14(24)11-27-15-4-2-13(3-5-15)18(19,20)21/h2-5,14,22,24H,6-12H2,1H3,(H,23,25). The second kappa shape index (κ2) is 9.38. The lowest BCUT2D eigenvalue weighted by Crippen LogP contribution is -2.51. The average Bonchev–Trinajstić information content (AvgIpc) is 2.65. The molecule has 0 spiro atoms. The van der Waals surface area contributed by atoms with Gasteiger partial charge in [-0.3, -0.25) is 4.79 Å². The molecule has 1 aromatic rings. The normalized spacial score (nSPS) is 18.0. The first-order valence-corrected chi connectivity index (χ1v) is 8.73. The van der Waals surface area contributed by atoms with Gasteiger partial charge in [-0.05, 0) is 50.2 Å². The predicted octanol–water partition coefficient (Wildman–Crippen LogP) is 1.58. The van der Waals surface area contributed by atoms with Gasteiger partial charge in [-0.25, -0.2) is 0 Å². The summed E-state index contributed by atoms with van der Waals surface area (Å²) in [7, 11) is 1.55. The van der Waals surface area contributed by atoms with E-state index in [0.717, 1.165) is 25.2 Å². The van der Waals surface area contributed by atoms with Gasteiger partial charge in [-0.15, -0.1) is 0 Å². The van der Waals surface area contributed by atoms with Crippen LogP contribution in [-0.2, 0) is 15.7 Å². The minimum absolute atomic E-state index is 0.0155. The van der Waals surface area contributed by atoms with Crippen molar-refractivity contribution in [3.05, 3.63) is 29.8 Å². The number of rotatable bonds is 8. The van der Waals surface area contributed by atoms with Crippen LogP contribution in [0.25, 0.3) is 0 Å². The van der Waals surface area contributed by atoms with Crippen LogP contribution in [0.15, 0.2) is 24.3 Å². The number of methoxy groups -OCH3 is 1. The highest BCUT2D eigenvalue weighted by molar-refractivity contribution is 5.83. The van der Waals surface area contributed by atoms with Crippen molar-refractivity contribution in [3.8, 4) is 5.75 Å². The van der Waals surface area contributed by atoms with Gasteiger partial charge in [0.05, 0.1) is 17.6 Å². The van der Waals surface area contributed by atoms with Crippen LogP contribution in [0.4, 0.5) is 13.2 Å². The zero-order valence-corrected chi connectivity index (χ0v) is 15.1. The summed E-state index contributed by atoms with van der Waals surface area (Å²) in [4.78, 5) is 12.5. The fraction of sp³-hybridized carbons (Fsp3) is 0.611. The number of amides is 1. The van der Waals surface area contributed by atoms with E-state index in [1.807, 2.05) is 0 Å². The summed E-state index contributed by atoms with van der Waals surface area (Å²) in [5, 5.41) is 15.9. The van der Waals surface area contributed by atoms with Crippen molar-refractivity contribution in [2.75, 3.05) is 40.0 Å². The number of piperidine rings is 1. The van der Waals surface area contributed by atoms with Crippen molar-refractivity contribution < 1.29 is 32.5 Å². The maximum absolute atomic E-state index is 12.5. The number of hydrogen-bond acceptors (Lipinski definition) is 5. The Morgan fingerprint density at radius 3 is 2.48 bits per heavy atom. The summed E-state index contributed by atoms with van der Waals surface area (Å²) < 4.78 is 48.0. The first-order chi connectivity index (χ1) is 12.8. The van der Waals surface area contributed by atoms with Gasteiger partial charge >= 0.3 is 6.18 Å². The third-order valence-electron chi connectivity index (χ3n) is 4.59. The molecule has 0 bridgehead atoms. The van der Waals surface area contributed by atoms with Gasteiger partial charge in [-0.2, -0.15) is 13.2 Å². The van der Waals surface area contributed by atoms with Gasteiger partial charge in [0.15, 0.2) is 0 Å². The largest absolute Gasteiger partial charge is 0.491 e. The Morgan fingerprint density at radius 1 is 1.30 bits per heavy atom. The van der Waals surface area contributed by atoms with Crippen LogP contribution in [0, 0.1) is 5.41 Å². The number of hydrogen-bond donors (Lipinski definition) is 3.